The fourth-order valence-electron chi connectivity index (χ4n) is 9.71. The lowest BCUT2D eigenvalue weighted by Gasteiger charge is -2.31. The summed E-state index contributed by atoms with van der Waals surface area (Å²) < 4.78 is 72.7. The van der Waals surface area contributed by atoms with Crippen LogP contribution in [0.4, 0.5) is 11.4 Å². The molecule has 0 bridgehead atoms. The Labute approximate surface area is 357 Å². The lowest BCUT2D eigenvalue weighted by molar-refractivity contribution is -0.438. The Morgan fingerprint density at radius 2 is 1.35 bits per heavy atom. The van der Waals surface area contributed by atoms with Gasteiger partial charge in [0.15, 0.2) is 5.71 Å². The molecule has 0 aliphatic carbocycles. The van der Waals surface area contributed by atoms with E-state index in [4.69, 9.17) is 0 Å². The van der Waals surface area contributed by atoms with Crippen molar-refractivity contribution in [3.63, 3.8) is 0 Å². The number of hydrogen-bond acceptors (Lipinski definition) is 6. The largest absolute Gasteiger partial charge is 0.344 e. The number of Topliss-reactive ketones (excluding diaryl/α,β-unsaturated/α-hetero) is 1. The van der Waals surface area contributed by atoms with Crippen LogP contribution in [0.2, 0.25) is 0 Å². The van der Waals surface area contributed by atoms with Gasteiger partial charge in [-0.3, -0.25) is 13.9 Å². The van der Waals surface area contributed by atoms with Gasteiger partial charge < -0.3 is 4.90 Å². The predicted molar refractivity (Wildman–Crippen MR) is 244 cm³/mol. The molecule has 1 atom stereocenters. The van der Waals surface area contributed by atoms with E-state index < -0.39 is 31.1 Å². The molecule has 2 aliphatic heterocycles. The summed E-state index contributed by atoms with van der Waals surface area (Å²) in [6.45, 7) is 20.1. The van der Waals surface area contributed by atoms with E-state index in [1.807, 2.05) is 33.8 Å². The summed E-state index contributed by atoms with van der Waals surface area (Å²) in [5.74, 6) is 0.295. The molecule has 11 heteroatoms. The van der Waals surface area contributed by atoms with E-state index in [-0.39, 0.29) is 21.5 Å². The first-order valence-corrected chi connectivity index (χ1v) is 24.5. The Morgan fingerprint density at radius 3 is 1.92 bits per heavy atom. The number of aryl methyl sites for hydroxylation is 2. The van der Waals surface area contributed by atoms with Crippen molar-refractivity contribution in [1.82, 2.24) is 0 Å². The van der Waals surface area contributed by atoms with Gasteiger partial charge in [0.25, 0.3) is 20.2 Å². The number of carbonyl (C=O) groups excluding carboxylic acids is 1. The Morgan fingerprint density at radius 1 is 0.767 bits per heavy atom. The van der Waals surface area contributed by atoms with Crippen molar-refractivity contribution in [1.29, 1.82) is 0 Å². The summed E-state index contributed by atoms with van der Waals surface area (Å²) in [7, 11) is -8.89. The van der Waals surface area contributed by atoms with Crippen LogP contribution in [-0.2, 0) is 35.9 Å². The molecule has 2 aliphatic rings. The lowest BCUT2D eigenvalue weighted by atomic mass is 9.75. The van der Waals surface area contributed by atoms with Gasteiger partial charge in [-0.05, 0) is 141 Å². The number of nitrogens with zero attached hydrogens (tertiary/aromatic N) is 2. The molecule has 1 unspecified atom stereocenters. The Bertz CT molecular complexity index is 2670. The molecule has 60 heavy (non-hydrogen) atoms. The number of carbonyl (C=O) groups is 1. The molecule has 0 amide bonds. The van der Waals surface area contributed by atoms with E-state index in [1.165, 1.54) is 6.07 Å². The second-order valence-corrected chi connectivity index (χ2v) is 20.8. The second kappa shape index (κ2) is 17.3. The van der Waals surface area contributed by atoms with Crippen molar-refractivity contribution < 1.29 is 35.3 Å². The third-order valence-electron chi connectivity index (χ3n) is 13.0. The third kappa shape index (κ3) is 8.52. The van der Waals surface area contributed by atoms with Crippen LogP contribution in [-0.4, -0.2) is 55.1 Å². The monoisotopic (exact) mass is 855 g/mol. The minimum Gasteiger partial charge on any atom is -0.344 e. The van der Waals surface area contributed by atoms with E-state index in [0.717, 1.165) is 124 Å². The molecule has 2 heterocycles. The van der Waals surface area contributed by atoms with Gasteiger partial charge in [-0.1, -0.05) is 59.1 Å². The maximum atomic E-state index is 12.5. The van der Waals surface area contributed by atoms with Gasteiger partial charge in [-0.2, -0.15) is 21.4 Å². The molecule has 0 saturated carbocycles. The molecule has 0 saturated heterocycles. The zero-order chi connectivity index (χ0) is 43.9. The average Bonchev–Trinajstić information content (AvgIpc) is 3.54. The summed E-state index contributed by atoms with van der Waals surface area (Å²) in [6, 6.07) is 14.7. The van der Waals surface area contributed by atoms with Crippen LogP contribution < -0.4 is 4.90 Å². The fourth-order valence-corrected chi connectivity index (χ4v) is 10.9. The predicted octanol–water partition coefficient (Wildman–Crippen LogP) is 11.5. The van der Waals surface area contributed by atoms with Crippen LogP contribution in [0.3, 0.4) is 0 Å². The molecule has 6 rings (SSSR count). The SMILES string of the molecule is CCCCN1C(=CC=CC2=[N+](CCCCCC(=O)C(C)C)c3ccc4c(C)cc(S(=O)(=O)O)cc4c3C2(C)C)C(C)(CCCC)c2c1ccc1c(C)cc(S(=O)(=O)O)cc21. The van der Waals surface area contributed by atoms with E-state index in [0.29, 0.717) is 13.0 Å². The van der Waals surface area contributed by atoms with E-state index in [2.05, 4.69) is 80.5 Å². The van der Waals surface area contributed by atoms with Gasteiger partial charge in [0, 0.05) is 59.8 Å². The molecule has 4 aromatic carbocycles. The van der Waals surface area contributed by atoms with Gasteiger partial charge in [0.05, 0.1) is 15.2 Å². The van der Waals surface area contributed by atoms with Gasteiger partial charge in [0.1, 0.15) is 12.3 Å². The highest BCUT2D eigenvalue weighted by Gasteiger charge is 2.47. The smallest absolute Gasteiger partial charge is 0.294 e. The molecular formula is C49H63N2O7S2+. The molecular weight excluding hydrogens is 793 g/mol. The van der Waals surface area contributed by atoms with Crippen molar-refractivity contribution in [2.45, 2.75) is 141 Å². The summed E-state index contributed by atoms with van der Waals surface area (Å²) in [4.78, 5) is 14.6. The minimum atomic E-state index is -4.45. The van der Waals surface area contributed by atoms with Gasteiger partial charge in [-0.15, -0.1) is 0 Å². The van der Waals surface area contributed by atoms with Crippen molar-refractivity contribution in [2.24, 2.45) is 5.92 Å². The highest BCUT2D eigenvalue weighted by Crippen LogP contribution is 2.54. The maximum Gasteiger partial charge on any atom is 0.294 e. The zero-order valence-corrected chi connectivity index (χ0v) is 38.5. The minimum absolute atomic E-state index is 0.0196. The van der Waals surface area contributed by atoms with E-state index in [1.54, 1.807) is 18.2 Å². The molecule has 0 fully saturated rings. The summed E-state index contributed by atoms with van der Waals surface area (Å²) in [6.07, 6.45) is 14.4. The van der Waals surface area contributed by atoms with Crippen LogP contribution in [0, 0.1) is 19.8 Å². The standard InChI is InChI=1S/C49H62N2O7S2/c1-10-12-25-49(9)45(51(26-13-11-2)42-24-22-38-34(6)29-36(60(56,57)58)31-40(38)47(42)49)20-17-19-44-48(7,8)46-39-30-35(59(53,54)55)28-33(5)37(39)21-23-41(46)50(44)27-16-14-15-18-43(52)32(3)4/h17,19-24,28-32H,10-16,18,25-27H2,1-9H3,(H-,53,54,55,56,57,58)/p+1. The molecule has 4 aromatic rings. The highest BCUT2D eigenvalue weighted by molar-refractivity contribution is 7.86. The van der Waals surface area contributed by atoms with Crippen molar-refractivity contribution in [3.8, 4) is 0 Å². The van der Waals surface area contributed by atoms with Crippen LogP contribution in [0.5, 0.6) is 0 Å². The molecule has 9 nitrogen and oxygen atoms in total. The maximum absolute atomic E-state index is 12.5. The Balaban J connectivity index is 1.52. The molecule has 2 N–H and O–H groups in total. The van der Waals surface area contributed by atoms with E-state index >= 15 is 0 Å². The van der Waals surface area contributed by atoms with Crippen LogP contribution >= 0.6 is 0 Å². The average molecular weight is 856 g/mol. The Hall–Kier alpha value is -4.16. The first kappa shape index (κ1) is 45.4. The van der Waals surface area contributed by atoms with Crippen LogP contribution in [0.25, 0.3) is 21.5 Å². The van der Waals surface area contributed by atoms with Crippen LogP contribution in [0.15, 0.2) is 82.2 Å². The van der Waals surface area contributed by atoms with Gasteiger partial charge in [-0.25, -0.2) is 0 Å². The first-order chi connectivity index (χ1) is 28.2. The molecule has 0 radical (unpaired) electrons. The number of ketones is 1. The number of benzene rings is 4. The molecule has 0 spiro atoms. The molecule has 0 aromatic heterocycles. The van der Waals surface area contributed by atoms with Crippen molar-refractivity contribution in [3.05, 3.63) is 94.7 Å². The van der Waals surface area contributed by atoms with Crippen LogP contribution in [0.1, 0.15) is 129 Å². The lowest BCUT2D eigenvalue weighted by Crippen LogP contribution is -2.30. The summed E-state index contributed by atoms with van der Waals surface area (Å²) >= 11 is 0. The zero-order valence-electron chi connectivity index (χ0n) is 36.9. The van der Waals surface area contributed by atoms with Gasteiger partial charge in [0.2, 0.25) is 5.69 Å². The number of allylic oxidation sites excluding steroid dienone is 4. The number of rotatable bonds is 17. The quantitative estimate of drug-likeness (QED) is 0.0609. The number of fused-ring (bicyclic) bond motifs is 6. The highest BCUT2D eigenvalue weighted by atomic mass is 32.2. The first-order valence-electron chi connectivity index (χ1n) is 21.6. The summed E-state index contributed by atoms with van der Waals surface area (Å²) in [5.41, 5.74) is 6.82. The normalized spacial score (nSPS) is 18.5. The van der Waals surface area contributed by atoms with Crippen molar-refractivity contribution in [2.75, 3.05) is 18.0 Å². The number of unbranched alkanes of at least 4 members (excludes halogenated alkanes) is 4. The van der Waals surface area contributed by atoms with Crippen molar-refractivity contribution >= 4 is 64.7 Å². The topological polar surface area (TPSA) is 132 Å². The fraction of sp³-hybridized carbons (Fsp3) is 0.469. The second-order valence-electron chi connectivity index (χ2n) is 18.0. The summed E-state index contributed by atoms with van der Waals surface area (Å²) in [5, 5.41) is 3.51. The molecule has 322 valence electrons. The number of hydrogen-bond donors (Lipinski definition) is 2. The Kier molecular flexibility index (Phi) is 13.1. The van der Waals surface area contributed by atoms with Gasteiger partial charge >= 0.3 is 0 Å². The number of anilines is 1. The third-order valence-corrected chi connectivity index (χ3v) is 14.6. The van der Waals surface area contributed by atoms with E-state index in [9.17, 15) is 30.7 Å².